The zero-order valence-electron chi connectivity index (χ0n) is 15.5. The van der Waals surface area contributed by atoms with Gasteiger partial charge in [0, 0.05) is 31.2 Å². The fourth-order valence-electron chi connectivity index (χ4n) is 3.62. The van der Waals surface area contributed by atoms with E-state index in [-0.39, 0.29) is 17.7 Å². The summed E-state index contributed by atoms with van der Waals surface area (Å²) < 4.78 is 0. The van der Waals surface area contributed by atoms with Crippen LogP contribution < -0.4 is 5.32 Å². The van der Waals surface area contributed by atoms with E-state index in [1.54, 1.807) is 30.3 Å². The van der Waals surface area contributed by atoms with Crippen LogP contribution in [0.2, 0.25) is 0 Å². The van der Waals surface area contributed by atoms with Crippen molar-refractivity contribution in [2.45, 2.75) is 19.0 Å². The Labute approximate surface area is 168 Å². The van der Waals surface area contributed by atoms with Crippen LogP contribution in [-0.2, 0) is 6.54 Å². The molecule has 0 spiro atoms. The van der Waals surface area contributed by atoms with Crippen molar-refractivity contribution in [1.29, 1.82) is 0 Å². The zero-order valence-corrected chi connectivity index (χ0v) is 16.3. The molecule has 1 N–H and O–H groups in total. The van der Waals surface area contributed by atoms with Crippen molar-refractivity contribution in [3.8, 4) is 0 Å². The van der Waals surface area contributed by atoms with Crippen molar-refractivity contribution in [3.63, 3.8) is 0 Å². The average Bonchev–Trinajstić information content (AvgIpc) is 3.41. The summed E-state index contributed by atoms with van der Waals surface area (Å²) in [5, 5.41) is 4.99. The Morgan fingerprint density at radius 3 is 2.46 bits per heavy atom. The topological polar surface area (TPSA) is 49.4 Å². The van der Waals surface area contributed by atoms with Gasteiger partial charge in [-0.1, -0.05) is 54.6 Å². The standard InChI is InChI=1S/C23H22N2O2S/c26-22(21-11-6-14-28-21)19-9-4-5-10-20(19)23(27)24-18-12-13-25(16-18)15-17-7-2-1-3-8-17/h1-11,14,18H,12-13,15-16H2,(H,24,27)/t18-/m0/s1. The average molecular weight is 391 g/mol. The second-order valence-corrected chi connectivity index (χ2v) is 7.98. The van der Waals surface area contributed by atoms with Crippen molar-refractivity contribution < 1.29 is 9.59 Å². The summed E-state index contributed by atoms with van der Waals surface area (Å²) in [6.45, 7) is 2.66. The van der Waals surface area contributed by atoms with Gasteiger partial charge in [0.2, 0.25) is 5.78 Å². The number of likely N-dealkylation sites (tertiary alicyclic amines) is 1. The molecule has 0 radical (unpaired) electrons. The van der Waals surface area contributed by atoms with Gasteiger partial charge < -0.3 is 5.32 Å². The van der Waals surface area contributed by atoms with Gasteiger partial charge in [-0.3, -0.25) is 14.5 Å². The van der Waals surface area contributed by atoms with Crippen LogP contribution in [0, 0.1) is 0 Å². The molecule has 0 saturated carbocycles. The molecule has 0 bridgehead atoms. The van der Waals surface area contributed by atoms with E-state index >= 15 is 0 Å². The van der Waals surface area contributed by atoms with Gasteiger partial charge in [-0.05, 0) is 29.5 Å². The maximum Gasteiger partial charge on any atom is 0.252 e. The number of ketones is 1. The minimum Gasteiger partial charge on any atom is -0.348 e. The number of hydrogen-bond donors (Lipinski definition) is 1. The number of thiophene rings is 1. The van der Waals surface area contributed by atoms with Crippen LogP contribution in [0.1, 0.15) is 37.6 Å². The Morgan fingerprint density at radius 2 is 1.71 bits per heavy atom. The van der Waals surface area contributed by atoms with Gasteiger partial charge in [-0.25, -0.2) is 0 Å². The lowest BCUT2D eigenvalue weighted by Crippen LogP contribution is -2.37. The number of hydrogen-bond acceptors (Lipinski definition) is 4. The molecule has 4 nitrogen and oxygen atoms in total. The molecule has 0 aliphatic carbocycles. The van der Waals surface area contributed by atoms with E-state index < -0.39 is 0 Å². The third-order valence-corrected chi connectivity index (χ3v) is 5.89. The molecule has 1 aromatic heterocycles. The minimum absolute atomic E-state index is 0.0982. The van der Waals surface area contributed by atoms with Crippen LogP contribution in [0.3, 0.4) is 0 Å². The summed E-state index contributed by atoms with van der Waals surface area (Å²) in [7, 11) is 0. The van der Waals surface area contributed by atoms with Crippen molar-refractivity contribution in [2.24, 2.45) is 0 Å². The summed E-state index contributed by atoms with van der Waals surface area (Å²) in [5.41, 5.74) is 2.19. The Kier molecular flexibility index (Phi) is 5.65. The highest BCUT2D eigenvalue weighted by Gasteiger charge is 2.26. The molecule has 1 amide bonds. The summed E-state index contributed by atoms with van der Waals surface area (Å²) >= 11 is 1.39. The quantitative estimate of drug-likeness (QED) is 0.648. The molecular weight excluding hydrogens is 368 g/mol. The maximum absolute atomic E-state index is 12.9. The van der Waals surface area contributed by atoms with Gasteiger partial charge in [0.05, 0.1) is 10.4 Å². The van der Waals surface area contributed by atoms with Crippen LogP contribution in [0.5, 0.6) is 0 Å². The molecule has 1 atom stereocenters. The number of benzene rings is 2. The lowest BCUT2D eigenvalue weighted by atomic mass is 10.0. The summed E-state index contributed by atoms with van der Waals surface area (Å²) in [4.78, 5) is 28.6. The Bertz CT molecular complexity index is 954. The number of nitrogens with one attached hydrogen (secondary N) is 1. The van der Waals surface area contributed by atoms with Crippen molar-refractivity contribution in [2.75, 3.05) is 13.1 Å². The molecule has 1 saturated heterocycles. The first-order chi connectivity index (χ1) is 13.7. The molecule has 0 unspecified atom stereocenters. The molecule has 142 valence electrons. The highest BCUT2D eigenvalue weighted by atomic mass is 32.1. The van der Waals surface area contributed by atoms with Crippen LogP contribution >= 0.6 is 11.3 Å². The highest BCUT2D eigenvalue weighted by Crippen LogP contribution is 2.19. The fourth-order valence-corrected chi connectivity index (χ4v) is 4.30. The van der Waals surface area contributed by atoms with E-state index in [0.717, 1.165) is 26.1 Å². The van der Waals surface area contributed by atoms with Crippen LogP contribution in [-0.4, -0.2) is 35.7 Å². The van der Waals surface area contributed by atoms with Gasteiger partial charge in [0.15, 0.2) is 0 Å². The van der Waals surface area contributed by atoms with Crippen LogP contribution in [0.4, 0.5) is 0 Å². The Balaban J connectivity index is 1.41. The lowest BCUT2D eigenvalue weighted by molar-refractivity contribution is 0.0928. The smallest absolute Gasteiger partial charge is 0.252 e. The molecule has 3 aromatic rings. The largest absolute Gasteiger partial charge is 0.348 e. The fraction of sp³-hybridized carbons (Fsp3) is 0.217. The summed E-state index contributed by atoms with van der Waals surface area (Å²) in [5.74, 6) is -0.273. The SMILES string of the molecule is O=C(N[C@H]1CCN(Cc2ccccc2)C1)c1ccccc1C(=O)c1cccs1. The lowest BCUT2D eigenvalue weighted by Gasteiger charge is -2.17. The van der Waals surface area contributed by atoms with Gasteiger partial charge in [0.25, 0.3) is 5.91 Å². The van der Waals surface area contributed by atoms with Gasteiger partial charge >= 0.3 is 0 Å². The monoisotopic (exact) mass is 390 g/mol. The van der Waals surface area contributed by atoms with E-state index in [4.69, 9.17) is 0 Å². The summed E-state index contributed by atoms with van der Waals surface area (Å²) in [6, 6.07) is 21.2. The second kappa shape index (κ2) is 8.50. The zero-order chi connectivity index (χ0) is 19.3. The number of rotatable bonds is 6. The van der Waals surface area contributed by atoms with E-state index in [2.05, 4.69) is 22.3 Å². The van der Waals surface area contributed by atoms with Crippen molar-refractivity contribution >= 4 is 23.0 Å². The highest BCUT2D eigenvalue weighted by molar-refractivity contribution is 7.12. The van der Waals surface area contributed by atoms with Crippen LogP contribution in [0.25, 0.3) is 0 Å². The first-order valence-electron chi connectivity index (χ1n) is 9.45. The van der Waals surface area contributed by atoms with E-state index in [1.165, 1.54) is 16.9 Å². The molecular formula is C23H22N2O2S. The first kappa shape index (κ1) is 18.6. The van der Waals surface area contributed by atoms with Crippen molar-refractivity contribution in [1.82, 2.24) is 10.2 Å². The molecule has 5 heteroatoms. The van der Waals surface area contributed by atoms with Crippen molar-refractivity contribution in [3.05, 3.63) is 93.7 Å². The Morgan fingerprint density at radius 1 is 0.964 bits per heavy atom. The van der Waals surface area contributed by atoms with Gasteiger partial charge in [0.1, 0.15) is 0 Å². The number of nitrogens with zero attached hydrogens (tertiary/aromatic N) is 1. The second-order valence-electron chi connectivity index (χ2n) is 7.03. The van der Waals surface area contributed by atoms with Crippen LogP contribution in [0.15, 0.2) is 72.1 Å². The van der Waals surface area contributed by atoms with E-state index in [9.17, 15) is 9.59 Å². The maximum atomic E-state index is 12.9. The molecule has 4 rings (SSSR count). The minimum atomic E-state index is -0.174. The Hall–Kier alpha value is -2.76. The van der Waals surface area contributed by atoms with Gasteiger partial charge in [-0.2, -0.15) is 0 Å². The normalized spacial score (nSPS) is 16.8. The molecule has 1 aliphatic rings. The first-order valence-corrected chi connectivity index (χ1v) is 10.3. The number of carbonyl (C=O) groups excluding carboxylic acids is 2. The molecule has 2 heterocycles. The molecule has 1 fully saturated rings. The third kappa shape index (κ3) is 4.21. The third-order valence-electron chi connectivity index (χ3n) is 5.02. The van der Waals surface area contributed by atoms with Gasteiger partial charge in [-0.15, -0.1) is 11.3 Å². The predicted octanol–water partition coefficient (Wildman–Crippen LogP) is 3.98. The molecule has 28 heavy (non-hydrogen) atoms. The van der Waals surface area contributed by atoms with E-state index in [0.29, 0.717) is 16.0 Å². The molecule has 1 aliphatic heterocycles. The predicted molar refractivity (Wildman–Crippen MR) is 112 cm³/mol. The van der Waals surface area contributed by atoms with E-state index in [1.807, 2.05) is 29.6 Å². The number of amides is 1. The summed E-state index contributed by atoms with van der Waals surface area (Å²) in [6.07, 6.45) is 0.916. The molecule has 2 aromatic carbocycles. The number of carbonyl (C=O) groups is 2.